The quantitative estimate of drug-likeness (QED) is 0.186. The van der Waals surface area contributed by atoms with E-state index < -0.39 is 0 Å². The number of anilines is 3. The maximum atomic E-state index is 6.91. The maximum absolute atomic E-state index is 6.91. The molecule has 2 aromatic heterocycles. The summed E-state index contributed by atoms with van der Waals surface area (Å²) in [6.45, 7) is 0. The molecule has 0 fully saturated rings. The van der Waals surface area contributed by atoms with Gasteiger partial charge in [0.2, 0.25) is 0 Å². The van der Waals surface area contributed by atoms with Crippen molar-refractivity contribution in [2.75, 3.05) is 4.90 Å². The zero-order valence-corrected chi connectivity index (χ0v) is 27.3. The molecule has 0 bridgehead atoms. The summed E-state index contributed by atoms with van der Waals surface area (Å²) in [4.78, 5) is 2.44. The van der Waals surface area contributed by atoms with Gasteiger partial charge in [0.05, 0.1) is 21.8 Å². The second kappa shape index (κ2) is 11.2. The van der Waals surface area contributed by atoms with Gasteiger partial charge in [-0.15, -0.1) is 11.3 Å². The van der Waals surface area contributed by atoms with Crippen LogP contribution in [0.15, 0.2) is 180 Å². The highest BCUT2D eigenvalue weighted by Gasteiger charge is 2.25. The molecular formula is C46H29NOS. The Hall–Kier alpha value is -6.16. The third-order valence-electron chi connectivity index (χ3n) is 9.68. The summed E-state index contributed by atoms with van der Waals surface area (Å²) in [6.07, 6.45) is 0. The zero-order chi connectivity index (χ0) is 32.3. The van der Waals surface area contributed by atoms with E-state index >= 15 is 0 Å². The molecule has 2 nitrogen and oxygen atoms in total. The summed E-state index contributed by atoms with van der Waals surface area (Å²) in [7, 11) is 0. The predicted octanol–water partition coefficient (Wildman–Crippen LogP) is 13.9. The van der Waals surface area contributed by atoms with Crippen molar-refractivity contribution in [3.63, 3.8) is 0 Å². The first-order chi connectivity index (χ1) is 24.3. The van der Waals surface area contributed by atoms with Crippen molar-refractivity contribution in [3.05, 3.63) is 176 Å². The van der Waals surface area contributed by atoms with Crippen LogP contribution in [0.25, 0.3) is 75.1 Å². The Labute approximate surface area is 287 Å². The van der Waals surface area contributed by atoms with E-state index in [-0.39, 0.29) is 0 Å². The van der Waals surface area contributed by atoms with Crippen LogP contribution >= 0.6 is 11.3 Å². The van der Waals surface area contributed by atoms with Gasteiger partial charge in [-0.2, -0.15) is 0 Å². The van der Waals surface area contributed by atoms with Gasteiger partial charge in [0.25, 0.3) is 0 Å². The smallest absolute Gasteiger partial charge is 0.160 e. The summed E-state index contributed by atoms with van der Waals surface area (Å²) in [5.41, 5.74) is 9.75. The molecule has 0 saturated heterocycles. The van der Waals surface area contributed by atoms with Gasteiger partial charge in [-0.25, -0.2) is 0 Å². The molecule has 230 valence electrons. The van der Waals surface area contributed by atoms with Gasteiger partial charge in [-0.1, -0.05) is 146 Å². The van der Waals surface area contributed by atoms with Crippen LogP contribution in [0.4, 0.5) is 17.1 Å². The molecule has 0 saturated carbocycles. The van der Waals surface area contributed by atoms with E-state index in [0.717, 1.165) is 44.6 Å². The molecule has 10 rings (SSSR count). The molecule has 0 aliphatic heterocycles. The van der Waals surface area contributed by atoms with Crippen LogP contribution in [0.2, 0.25) is 0 Å². The molecular weight excluding hydrogens is 615 g/mol. The van der Waals surface area contributed by atoms with E-state index in [2.05, 4.69) is 181 Å². The van der Waals surface area contributed by atoms with Crippen molar-refractivity contribution >= 4 is 81.3 Å². The SMILES string of the molecule is c1ccc(-c2ccc(N(c3ccc(-c4ccccc4)c4c3oc3ccccc34)c3cccc4c3sc3ccccc34)c3ccccc23)cc1. The lowest BCUT2D eigenvalue weighted by Crippen LogP contribution is -2.11. The monoisotopic (exact) mass is 643 g/mol. The van der Waals surface area contributed by atoms with Gasteiger partial charge in [0, 0.05) is 31.6 Å². The number of para-hydroxylation sites is 1. The fourth-order valence-corrected chi connectivity index (χ4v) is 8.70. The fraction of sp³-hybridized carbons (Fsp3) is 0. The van der Waals surface area contributed by atoms with Crippen LogP contribution in [0.5, 0.6) is 0 Å². The number of hydrogen-bond donors (Lipinski definition) is 0. The molecule has 10 aromatic rings. The van der Waals surface area contributed by atoms with Gasteiger partial charge in [-0.3, -0.25) is 0 Å². The second-order valence-electron chi connectivity index (χ2n) is 12.4. The van der Waals surface area contributed by atoms with Crippen molar-refractivity contribution in [2.45, 2.75) is 0 Å². The number of benzene rings is 8. The molecule has 0 unspecified atom stereocenters. The molecule has 8 aromatic carbocycles. The van der Waals surface area contributed by atoms with Gasteiger partial charge >= 0.3 is 0 Å². The van der Waals surface area contributed by atoms with E-state index in [9.17, 15) is 0 Å². The number of furan rings is 1. The highest BCUT2D eigenvalue weighted by molar-refractivity contribution is 7.26. The van der Waals surface area contributed by atoms with E-state index in [1.54, 1.807) is 0 Å². The van der Waals surface area contributed by atoms with Crippen molar-refractivity contribution in [1.82, 2.24) is 0 Å². The summed E-state index contributed by atoms with van der Waals surface area (Å²) in [6, 6.07) is 63.0. The zero-order valence-electron chi connectivity index (χ0n) is 26.5. The summed E-state index contributed by atoms with van der Waals surface area (Å²) >= 11 is 1.85. The fourth-order valence-electron chi connectivity index (χ4n) is 7.49. The minimum Gasteiger partial charge on any atom is -0.454 e. The van der Waals surface area contributed by atoms with Crippen LogP contribution < -0.4 is 4.90 Å². The standard InChI is InChI=1S/C46H29NOS/c1-3-14-30(15-4-1)32-26-28-39(35-19-8-7-18-34(32)35)47(41-23-13-22-37-36-20-10-12-25-43(36)49-46(37)41)40-29-27-33(31-16-5-2-6-17-31)44-38-21-9-11-24-42(38)48-45(40)44/h1-29H. The first kappa shape index (κ1) is 27.9. The van der Waals surface area contributed by atoms with Crippen LogP contribution in [0.1, 0.15) is 0 Å². The van der Waals surface area contributed by atoms with Gasteiger partial charge in [0.1, 0.15) is 5.58 Å². The number of fused-ring (bicyclic) bond motifs is 7. The van der Waals surface area contributed by atoms with E-state index in [1.807, 2.05) is 11.3 Å². The Morgan fingerprint density at radius 3 is 1.78 bits per heavy atom. The molecule has 2 heterocycles. The lowest BCUT2D eigenvalue weighted by Gasteiger charge is -2.28. The molecule has 0 aliphatic rings. The van der Waals surface area contributed by atoms with Crippen LogP contribution in [0, 0.1) is 0 Å². The summed E-state index contributed by atoms with van der Waals surface area (Å²) in [5, 5.41) is 7.16. The van der Waals surface area contributed by atoms with Crippen molar-refractivity contribution in [2.24, 2.45) is 0 Å². The number of nitrogens with zero attached hydrogens (tertiary/aromatic N) is 1. The van der Waals surface area contributed by atoms with Crippen LogP contribution in [-0.4, -0.2) is 0 Å². The third kappa shape index (κ3) is 4.40. The second-order valence-corrected chi connectivity index (χ2v) is 13.5. The van der Waals surface area contributed by atoms with Crippen molar-refractivity contribution < 1.29 is 4.42 Å². The largest absolute Gasteiger partial charge is 0.454 e. The highest BCUT2D eigenvalue weighted by Crippen LogP contribution is 2.51. The van der Waals surface area contributed by atoms with Crippen LogP contribution in [0.3, 0.4) is 0 Å². The number of thiophene rings is 1. The molecule has 0 spiro atoms. The number of hydrogen-bond acceptors (Lipinski definition) is 3. The average Bonchev–Trinajstić information content (AvgIpc) is 3.76. The Morgan fingerprint density at radius 1 is 0.388 bits per heavy atom. The normalized spacial score (nSPS) is 11.7. The molecule has 0 atom stereocenters. The molecule has 0 radical (unpaired) electrons. The molecule has 0 amide bonds. The average molecular weight is 644 g/mol. The number of rotatable bonds is 5. The van der Waals surface area contributed by atoms with E-state index in [1.165, 1.54) is 47.6 Å². The van der Waals surface area contributed by atoms with Crippen molar-refractivity contribution in [3.8, 4) is 22.3 Å². The Balaban J connectivity index is 1.33. The summed E-state index contributed by atoms with van der Waals surface area (Å²) < 4.78 is 9.43. The molecule has 3 heteroatoms. The topological polar surface area (TPSA) is 16.4 Å². The Bertz CT molecular complexity index is 2830. The van der Waals surface area contributed by atoms with Crippen LogP contribution in [-0.2, 0) is 0 Å². The lowest BCUT2D eigenvalue weighted by atomic mass is 9.95. The minimum absolute atomic E-state index is 0.872. The molecule has 0 N–H and O–H groups in total. The lowest BCUT2D eigenvalue weighted by molar-refractivity contribution is 0.669. The summed E-state index contributed by atoms with van der Waals surface area (Å²) in [5.74, 6) is 0. The Kier molecular flexibility index (Phi) is 6.39. The van der Waals surface area contributed by atoms with Gasteiger partial charge in [-0.05, 0) is 58.0 Å². The molecule has 49 heavy (non-hydrogen) atoms. The third-order valence-corrected chi connectivity index (χ3v) is 10.9. The minimum atomic E-state index is 0.872. The first-order valence-corrected chi connectivity index (χ1v) is 17.4. The maximum Gasteiger partial charge on any atom is 0.160 e. The highest BCUT2D eigenvalue weighted by atomic mass is 32.1. The van der Waals surface area contributed by atoms with E-state index in [0.29, 0.717) is 0 Å². The van der Waals surface area contributed by atoms with Gasteiger partial charge < -0.3 is 9.32 Å². The van der Waals surface area contributed by atoms with Gasteiger partial charge in [0.15, 0.2) is 5.58 Å². The van der Waals surface area contributed by atoms with E-state index in [4.69, 9.17) is 4.42 Å². The Morgan fingerprint density at radius 2 is 0.980 bits per heavy atom. The predicted molar refractivity (Wildman–Crippen MR) is 210 cm³/mol. The first-order valence-electron chi connectivity index (χ1n) is 16.6. The molecule has 0 aliphatic carbocycles. The van der Waals surface area contributed by atoms with Crippen molar-refractivity contribution in [1.29, 1.82) is 0 Å².